The van der Waals surface area contributed by atoms with Gasteiger partial charge in [0.15, 0.2) is 5.82 Å². The Balaban J connectivity index is 0.00000196. The highest BCUT2D eigenvalue weighted by molar-refractivity contribution is 5.92. The van der Waals surface area contributed by atoms with E-state index in [0.29, 0.717) is 5.82 Å². The molecule has 0 bridgehead atoms. The molecule has 0 saturated heterocycles. The number of fused-ring (bicyclic) bond motifs is 1. The van der Waals surface area contributed by atoms with E-state index in [2.05, 4.69) is 5.32 Å². The molecule has 0 spiro atoms. The van der Waals surface area contributed by atoms with Gasteiger partial charge in [-0.15, -0.1) is 12.4 Å². The molecule has 0 unspecified atom stereocenters. The van der Waals surface area contributed by atoms with Crippen LogP contribution in [0.3, 0.4) is 0 Å². The lowest BCUT2D eigenvalue weighted by Crippen LogP contribution is -1.99. The Bertz CT molecular complexity index is 1000. The molecular formula is C21H18ClN3O. The molecule has 1 heterocycles. The van der Waals surface area contributed by atoms with Crippen molar-refractivity contribution in [1.29, 1.82) is 0 Å². The van der Waals surface area contributed by atoms with E-state index in [1.807, 2.05) is 78.9 Å². The molecule has 3 aromatic carbocycles. The van der Waals surface area contributed by atoms with Gasteiger partial charge in [-0.1, -0.05) is 30.3 Å². The molecule has 0 saturated carbocycles. The average Bonchev–Trinajstić information content (AvgIpc) is 2.69. The summed E-state index contributed by atoms with van der Waals surface area (Å²) in [5.74, 6) is 2.29. The van der Waals surface area contributed by atoms with Gasteiger partial charge >= 0.3 is 0 Å². The number of nitrogens with one attached hydrogen (secondary N) is 1. The molecule has 0 aliphatic rings. The van der Waals surface area contributed by atoms with Crippen molar-refractivity contribution in [3.8, 4) is 17.1 Å². The van der Waals surface area contributed by atoms with E-state index in [0.717, 1.165) is 33.7 Å². The zero-order valence-electron chi connectivity index (χ0n) is 14.2. The Labute approximate surface area is 158 Å². The van der Waals surface area contributed by atoms with Crippen molar-refractivity contribution in [3.05, 3.63) is 78.9 Å². The number of aromatic nitrogens is 2. The third-order valence-corrected chi connectivity index (χ3v) is 3.99. The maximum atomic E-state index is 5.22. The van der Waals surface area contributed by atoms with Crippen LogP contribution in [0.15, 0.2) is 78.9 Å². The smallest absolute Gasteiger partial charge is 0.162 e. The van der Waals surface area contributed by atoms with Gasteiger partial charge in [-0.3, -0.25) is 0 Å². The van der Waals surface area contributed by atoms with Crippen LogP contribution in [0.2, 0.25) is 0 Å². The predicted octanol–water partition coefficient (Wildman–Crippen LogP) is 5.47. The van der Waals surface area contributed by atoms with Crippen molar-refractivity contribution < 1.29 is 4.74 Å². The number of nitrogens with zero attached hydrogens (tertiary/aromatic N) is 2. The van der Waals surface area contributed by atoms with Gasteiger partial charge in [0.05, 0.1) is 12.6 Å². The first kappa shape index (κ1) is 17.7. The van der Waals surface area contributed by atoms with E-state index in [4.69, 9.17) is 14.7 Å². The summed E-state index contributed by atoms with van der Waals surface area (Å²) in [5, 5.41) is 4.39. The van der Waals surface area contributed by atoms with Gasteiger partial charge in [0.1, 0.15) is 11.6 Å². The first-order valence-electron chi connectivity index (χ1n) is 8.07. The number of hydrogen-bond acceptors (Lipinski definition) is 4. The van der Waals surface area contributed by atoms with E-state index >= 15 is 0 Å². The lowest BCUT2D eigenvalue weighted by molar-refractivity contribution is 0.415. The predicted molar refractivity (Wildman–Crippen MR) is 108 cm³/mol. The van der Waals surface area contributed by atoms with Crippen LogP contribution in [0.25, 0.3) is 22.3 Å². The van der Waals surface area contributed by atoms with Crippen LogP contribution in [-0.4, -0.2) is 17.1 Å². The second-order valence-corrected chi connectivity index (χ2v) is 5.63. The highest BCUT2D eigenvalue weighted by Crippen LogP contribution is 2.28. The molecule has 26 heavy (non-hydrogen) atoms. The molecule has 4 rings (SSSR count). The molecule has 4 aromatic rings. The standard InChI is InChI=1S/C21H17N3O.ClH/c1-25-17-13-11-15(12-14-17)20-23-19-10-6-5-9-18(19)21(24-20)22-16-7-3-2-4-8-16;/h2-14H,1H3,(H,22,23,24);1H. The van der Waals surface area contributed by atoms with Gasteiger partial charge < -0.3 is 10.1 Å². The fraction of sp³-hybridized carbons (Fsp3) is 0.0476. The molecular weight excluding hydrogens is 346 g/mol. The van der Waals surface area contributed by atoms with Crippen LogP contribution in [-0.2, 0) is 0 Å². The summed E-state index contributed by atoms with van der Waals surface area (Å²) >= 11 is 0. The van der Waals surface area contributed by atoms with E-state index in [1.54, 1.807) is 7.11 Å². The summed E-state index contributed by atoms with van der Waals surface area (Å²) < 4.78 is 5.22. The summed E-state index contributed by atoms with van der Waals surface area (Å²) in [6.07, 6.45) is 0. The van der Waals surface area contributed by atoms with Crippen LogP contribution >= 0.6 is 12.4 Å². The second-order valence-electron chi connectivity index (χ2n) is 5.63. The summed E-state index contributed by atoms with van der Waals surface area (Å²) in [6, 6.07) is 25.8. The second kappa shape index (κ2) is 7.85. The van der Waals surface area contributed by atoms with Crippen LogP contribution in [0.5, 0.6) is 5.75 Å². The van der Waals surface area contributed by atoms with Crippen LogP contribution in [0, 0.1) is 0 Å². The van der Waals surface area contributed by atoms with E-state index in [9.17, 15) is 0 Å². The maximum absolute atomic E-state index is 5.22. The molecule has 0 aliphatic heterocycles. The summed E-state index contributed by atoms with van der Waals surface area (Å²) in [6.45, 7) is 0. The Morgan fingerprint density at radius 3 is 2.19 bits per heavy atom. The first-order chi connectivity index (χ1) is 12.3. The zero-order valence-corrected chi connectivity index (χ0v) is 15.0. The van der Waals surface area contributed by atoms with Crippen LogP contribution in [0.4, 0.5) is 11.5 Å². The maximum Gasteiger partial charge on any atom is 0.162 e. The normalized spacial score (nSPS) is 10.2. The summed E-state index contributed by atoms with van der Waals surface area (Å²) in [5.41, 5.74) is 2.84. The van der Waals surface area contributed by atoms with Gasteiger partial charge in [0.25, 0.3) is 0 Å². The Kier molecular flexibility index (Phi) is 5.34. The topological polar surface area (TPSA) is 47.0 Å². The minimum absolute atomic E-state index is 0. The van der Waals surface area contributed by atoms with E-state index in [-0.39, 0.29) is 12.4 Å². The van der Waals surface area contributed by atoms with Crippen molar-refractivity contribution in [3.63, 3.8) is 0 Å². The third kappa shape index (κ3) is 3.60. The van der Waals surface area contributed by atoms with Gasteiger partial charge in [-0.25, -0.2) is 9.97 Å². The Morgan fingerprint density at radius 2 is 1.46 bits per heavy atom. The van der Waals surface area contributed by atoms with Gasteiger partial charge in [0, 0.05) is 16.6 Å². The number of ether oxygens (including phenoxy) is 1. The quantitative estimate of drug-likeness (QED) is 0.522. The molecule has 0 aliphatic carbocycles. The molecule has 0 radical (unpaired) electrons. The highest BCUT2D eigenvalue weighted by atomic mass is 35.5. The van der Waals surface area contributed by atoms with E-state index < -0.39 is 0 Å². The van der Waals surface area contributed by atoms with Crippen molar-refractivity contribution in [2.75, 3.05) is 12.4 Å². The number of halogens is 1. The number of methoxy groups -OCH3 is 1. The Morgan fingerprint density at radius 1 is 0.769 bits per heavy atom. The molecule has 0 fully saturated rings. The van der Waals surface area contributed by atoms with Gasteiger partial charge in [0.2, 0.25) is 0 Å². The summed E-state index contributed by atoms with van der Waals surface area (Å²) in [4.78, 5) is 9.47. The minimum atomic E-state index is 0. The SMILES string of the molecule is COc1ccc(-c2nc(Nc3ccccc3)c3ccccc3n2)cc1.Cl. The number of hydrogen-bond donors (Lipinski definition) is 1. The van der Waals surface area contributed by atoms with Crippen molar-refractivity contribution in [1.82, 2.24) is 9.97 Å². The third-order valence-electron chi connectivity index (χ3n) is 3.99. The average molecular weight is 364 g/mol. The molecule has 5 heteroatoms. The largest absolute Gasteiger partial charge is 0.497 e. The van der Waals surface area contributed by atoms with Gasteiger partial charge in [-0.2, -0.15) is 0 Å². The van der Waals surface area contributed by atoms with E-state index in [1.165, 1.54) is 0 Å². The van der Waals surface area contributed by atoms with Gasteiger partial charge in [-0.05, 0) is 48.5 Å². The minimum Gasteiger partial charge on any atom is -0.497 e. The zero-order chi connectivity index (χ0) is 17.1. The monoisotopic (exact) mass is 363 g/mol. The molecule has 1 N–H and O–H groups in total. The molecule has 4 nitrogen and oxygen atoms in total. The number of rotatable bonds is 4. The van der Waals surface area contributed by atoms with Crippen LogP contribution < -0.4 is 10.1 Å². The van der Waals surface area contributed by atoms with Crippen molar-refractivity contribution in [2.24, 2.45) is 0 Å². The van der Waals surface area contributed by atoms with Crippen molar-refractivity contribution >= 4 is 34.8 Å². The highest BCUT2D eigenvalue weighted by Gasteiger charge is 2.09. The Hall–Kier alpha value is -3.11. The first-order valence-corrected chi connectivity index (χ1v) is 8.07. The van der Waals surface area contributed by atoms with Crippen LogP contribution in [0.1, 0.15) is 0 Å². The molecule has 130 valence electrons. The fourth-order valence-electron chi connectivity index (χ4n) is 2.70. The fourth-order valence-corrected chi connectivity index (χ4v) is 2.70. The molecule has 0 atom stereocenters. The molecule has 1 aromatic heterocycles. The molecule has 0 amide bonds. The van der Waals surface area contributed by atoms with Crippen molar-refractivity contribution in [2.45, 2.75) is 0 Å². The lowest BCUT2D eigenvalue weighted by atomic mass is 10.1. The number of anilines is 2. The summed E-state index contributed by atoms with van der Waals surface area (Å²) in [7, 11) is 1.66. The number of para-hydroxylation sites is 2. The lowest BCUT2D eigenvalue weighted by Gasteiger charge is -2.11. The number of benzene rings is 3.